The number of halogens is 3. The molecular formula is C18H26Cl2FN3O2. The number of nitrogens with one attached hydrogen (secondary N) is 1. The predicted molar refractivity (Wildman–Crippen MR) is 103 cm³/mol. The molecule has 0 radical (unpaired) electrons. The first-order valence-electron chi connectivity index (χ1n) is 8.57. The van der Waals surface area contributed by atoms with E-state index in [0.29, 0.717) is 23.6 Å². The van der Waals surface area contributed by atoms with Crippen molar-refractivity contribution in [3.8, 4) is 0 Å². The average Bonchev–Trinajstić information content (AvgIpc) is 3.03. The number of hydrogen-bond acceptors (Lipinski definition) is 3. The van der Waals surface area contributed by atoms with Crippen molar-refractivity contribution in [3.05, 3.63) is 34.6 Å². The second kappa shape index (κ2) is 10.1. The van der Waals surface area contributed by atoms with E-state index in [1.807, 2.05) is 13.8 Å². The normalized spacial score (nSPS) is 17.8. The summed E-state index contributed by atoms with van der Waals surface area (Å²) < 4.78 is 14.0. The summed E-state index contributed by atoms with van der Waals surface area (Å²) >= 11 is 6.09. The second-order valence-corrected chi connectivity index (χ2v) is 7.18. The Morgan fingerprint density at radius 3 is 2.73 bits per heavy atom. The lowest BCUT2D eigenvalue weighted by Gasteiger charge is -2.26. The van der Waals surface area contributed by atoms with Gasteiger partial charge in [-0.05, 0) is 37.3 Å². The molecule has 1 saturated heterocycles. The summed E-state index contributed by atoms with van der Waals surface area (Å²) in [6.07, 6.45) is 2.01. The average molecular weight is 406 g/mol. The van der Waals surface area contributed by atoms with Crippen LogP contribution in [0.1, 0.15) is 32.3 Å². The van der Waals surface area contributed by atoms with Gasteiger partial charge in [-0.3, -0.25) is 9.59 Å². The molecule has 1 aliphatic rings. The lowest BCUT2D eigenvalue weighted by atomic mass is 10.0. The first-order valence-corrected chi connectivity index (χ1v) is 8.94. The number of hydrogen-bond donors (Lipinski definition) is 2. The maximum Gasteiger partial charge on any atom is 0.242 e. The van der Waals surface area contributed by atoms with Gasteiger partial charge in [0.2, 0.25) is 11.8 Å². The van der Waals surface area contributed by atoms with Crippen molar-refractivity contribution in [2.45, 2.75) is 45.2 Å². The van der Waals surface area contributed by atoms with Crippen molar-refractivity contribution in [3.63, 3.8) is 0 Å². The van der Waals surface area contributed by atoms with E-state index in [2.05, 4.69) is 5.32 Å². The van der Waals surface area contributed by atoms with Crippen LogP contribution in [0.5, 0.6) is 0 Å². The Kier molecular flexibility index (Phi) is 8.80. The summed E-state index contributed by atoms with van der Waals surface area (Å²) in [4.78, 5) is 26.0. The number of nitrogens with zero attached hydrogens (tertiary/aromatic N) is 1. The lowest BCUT2D eigenvalue weighted by molar-refractivity contribution is -0.134. The molecule has 2 amide bonds. The van der Waals surface area contributed by atoms with E-state index in [1.54, 1.807) is 17.0 Å². The van der Waals surface area contributed by atoms with Gasteiger partial charge < -0.3 is 16.0 Å². The van der Waals surface area contributed by atoms with Crippen LogP contribution < -0.4 is 11.1 Å². The number of likely N-dealkylation sites (tertiary alicyclic amines) is 1. The number of carbonyl (C=O) groups is 2. The minimum absolute atomic E-state index is 0. The lowest BCUT2D eigenvalue weighted by Crippen LogP contribution is -2.49. The molecule has 26 heavy (non-hydrogen) atoms. The predicted octanol–water partition coefficient (Wildman–Crippen LogP) is 2.53. The summed E-state index contributed by atoms with van der Waals surface area (Å²) in [6, 6.07) is 3.83. The van der Waals surface area contributed by atoms with Crippen molar-refractivity contribution in [2.24, 2.45) is 11.7 Å². The van der Waals surface area contributed by atoms with Crippen LogP contribution in [-0.4, -0.2) is 41.9 Å². The van der Waals surface area contributed by atoms with Crippen LogP contribution in [0.2, 0.25) is 5.02 Å². The Morgan fingerprint density at radius 2 is 2.12 bits per heavy atom. The minimum atomic E-state index is -0.639. The van der Waals surface area contributed by atoms with Crippen LogP contribution >= 0.6 is 24.0 Å². The molecule has 0 spiro atoms. The number of carbonyl (C=O) groups excluding carboxylic acids is 2. The molecule has 1 aliphatic heterocycles. The van der Waals surface area contributed by atoms with Crippen LogP contribution in [0.3, 0.4) is 0 Å². The van der Waals surface area contributed by atoms with Gasteiger partial charge in [0, 0.05) is 23.2 Å². The van der Waals surface area contributed by atoms with E-state index in [0.717, 1.165) is 12.8 Å². The molecule has 146 valence electrons. The number of rotatable bonds is 6. The number of benzene rings is 1. The maximum atomic E-state index is 14.0. The van der Waals surface area contributed by atoms with Gasteiger partial charge in [-0.15, -0.1) is 12.4 Å². The molecule has 1 aromatic rings. The van der Waals surface area contributed by atoms with Crippen LogP contribution in [0, 0.1) is 11.7 Å². The van der Waals surface area contributed by atoms with Crippen molar-refractivity contribution in [1.29, 1.82) is 0 Å². The fourth-order valence-electron chi connectivity index (χ4n) is 3.02. The van der Waals surface area contributed by atoms with Crippen molar-refractivity contribution >= 4 is 35.8 Å². The van der Waals surface area contributed by atoms with E-state index >= 15 is 0 Å². The van der Waals surface area contributed by atoms with Gasteiger partial charge in [0.1, 0.15) is 5.82 Å². The van der Waals surface area contributed by atoms with E-state index in [-0.39, 0.29) is 48.5 Å². The SMILES string of the molecule is CC(C)[C@H](N)C(=O)NCC(=O)N1CCCC1Cc1c(F)cccc1Cl.Cl. The molecule has 0 aromatic heterocycles. The Labute approximate surface area is 164 Å². The van der Waals surface area contributed by atoms with Crippen LogP contribution in [0.15, 0.2) is 18.2 Å². The molecule has 1 unspecified atom stereocenters. The largest absolute Gasteiger partial charge is 0.346 e. The molecule has 1 aromatic carbocycles. The maximum absolute atomic E-state index is 14.0. The highest BCUT2D eigenvalue weighted by atomic mass is 35.5. The van der Waals surface area contributed by atoms with Gasteiger partial charge in [-0.2, -0.15) is 0 Å². The van der Waals surface area contributed by atoms with Gasteiger partial charge in [0.15, 0.2) is 0 Å². The summed E-state index contributed by atoms with van der Waals surface area (Å²) in [6.45, 7) is 4.20. The van der Waals surface area contributed by atoms with E-state index < -0.39 is 6.04 Å². The zero-order valence-corrected chi connectivity index (χ0v) is 16.6. The summed E-state index contributed by atoms with van der Waals surface area (Å²) in [5, 5.41) is 2.96. The topological polar surface area (TPSA) is 75.4 Å². The first kappa shape index (κ1) is 22.7. The molecule has 8 heteroatoms. The van der Waals surface area contributed by atoms with Crippen molar-refractivity contribution < 1.29 is 14.0 Å². The van der Waals surface area contributed by atoms with Gasteiger partial charge in [-0.25, -0.2) is 4.39 Å². The summed E-state index contributed by atoms with van der Waals surface area (Å²) in [5.41, 5.74) is 6.20. The monoisotopic (exact) mass is 405 g/mol. The van der Waals surface area contributed by atoms with E-state index in [9.17, 15) is 14.0 Å². The highest BCUT2D eigenvalue weighted by molar-refractivity contribution is 6.31. The molecule has 5 nitrogen and oxygen atoms in total. The Hall–Kier alpha value is -1.37. The fraction of sp³-hybridized carbons (Fsp3) is 0.556. The van der Waals surface area contributed by atoms with Gasteiger partial charge in [0.25, 0.3) is 0 Å². The highest BCUT2D eigenvalue weighted by Gasteiger charge is 2.30. The zero-order valence-electron chi connectivity index (χ0n) is 15.0. The number of nitrogens with two attached hydrogens (primary N) is 1. The van der Waals surface area contributed by atoms with E-state index in [4.69, 9.17) is 17.3 Å². The Balaban J connectivity index is 0.00000338. The third-order valence-electron chi connectivity index (χ3n) is 4.63. The first-order chi connectivity index (χ1) is 11.8. The third-order valence-corrected chi connectivity index (χ3v) is 4.99. The van der Waals surface area contributed by atoms with Crippen LogP contribution in [0.25, 0.3) is 0 Å². The third kappa shape index (κ3) is 5.56. The van der Waals surface area contributed by atoms with Gasteiger partial charge in [0.05, 0.1) is 12.6 Å². The quantitative estimate of drug-likeness (QED) is 0.763. The fourth-order valence-corrected chi connectivity index (χ4v) is 3.26. The van der Waals surface area contributed by atoms with Gasteiger partial charge in [-0.1, -0.05) is 31.5 Å². The molecule has 2 atom stereocenters. The molecule has 3 N–H and O–H groups in total. The number of amides is 2. The minimum Gasteiger partial charge on any atom is -0.346 e. The molecule has 1 heterocycles. The van der Waals surface area contributed by atoms with E-state index in [1.165, 1.54) is 6.07 Å². The second-order valence-electron chi connectivity index (χ2n) is 6.78. The molecule has 0 bridgehead atoms. The smallest absolute Gasteiger partial charge is 0.242 e. The van der Waals surface area contributed by atoms with Crippen molar-refractivity contribution in [1.82, 2.24) is 10.2 Å². The molecule has 2 rings (SSSR count). The van der Waals surface area contributed by atoms with Crippen LogP contribution in [-0.2, 0) is 16.0 Å². The molecule has 0 aliphatic carbocycles. The van der Waals surface area contributed by atoms with Crippen LogP contribution in [0.4, 0.5) is 4.39 Å². The van der Waals surface area contributed by atoms with Gasteiger partial charge >= 0.3 is 0 Å². The molecule has 1 fully saturated rings. The molecular weight excluding hydrogens is 380 g/mol. The molecule has 0 saturated carbocycles. The standard InChI is InChI=1S/C18H25ClFN3O2.ClH/c1-11(2)17(21)18(25)22-10-16(24)23-8-4-5-12(23)9-13-14(19)6-3-7-15(13)20;/h3,6-7,11-12,17H,4-5,8-10,21H2,1-2H3,(H,22,25);1H/t12?,17-;/m0./s1. The van der Waals surface area contributed by atoms with Crippen molar-refractivity contribution in [2.75, 3.05) is 13.1 Å². The summed E-state index contributed by atoms with van der Waals surface area (Å²) in [7, 11) is 0. The highest BCUT2D eigenvalue weighted by Crippen LogP contribution is 2.26. The Bertz CT molecular complexity index is 623. The Morgan fingerprint density at radius 1 is 1.42 bits per heavy atom. The zero-order chi connectivity index (χ0) is 18.6. The summed E-state index contributed by atoms with van der Waals surface area (Å²) in [5.74, 6) is -0.878.